The first-order valence-corrected chi connectivity index (χ1v) is 5.38. The van der Waals surface area contributed by atoms with Crippen molar-refractivity contribution in [3.05, 3.63) is 0 Å². The number of hydrogen-bond acceptors (Lipinski definition) is 3. The fourth-order valence-electron chi connectivity index (χ4n) is 1.34. The van der Waals surface area contributed by atoms with Gasteiger partial charge in [0.2, 0.25) is 5.91 Å². The maximum absolute atomic E-state index is 10.7. The van der Waals surface area contributed by atoms with E-state index in [0.29, 0.717) is 6.42 Å². The van der Waals surface area contributed by atoms with Gasteiger partial charge in [0.1, 0.15) is 0 Å². The van der Waals surface area contributed by atoms with Gasteiger partial charge < -0.3 is 5.11 Å². The summed E-state index contributed by atoms with van der Waals surface area (Å²) in [6.07, 6.45) is 6.38. The lowest BCUT2D eigenvalue weighted by molar-refractivity contribution is -0.137. The standard InChI is InChI=1S/C10H20N2O3/c11-12-9(13)7-5-3-1-2-4-6-8-10(14)15/h1-8,11H2,(H,12,13)(H,14,15). The second kappa shape index (κ2) is 9.45. The number of carboxylic acid groups (broad SMARTS) is 1. The minimum absolute atomic E-state index is 0.124. The van der Waals surface area contributed by atoms with Gasteiger partial charge in [-0.2, -0.15) is 0 Å². The summed E-state index contributed by atoms with van der Waals surface area (Å²) in [4.78, 5) is 20.9. The smallest absolute Gasteiger partial charge is 0.303 e. The third-order valence-electron chi connectivity index (χ3n) is 2.21. The molecule has 0 heterocycles. The Kier molecular flexibility index (Phi) is 8.76. The van der Waals surface area contributed by atoms with Crippen LogP contribution in [0.1, 0.15) is 51.4 Å². The Morgan fingerprint density at radius 1 is 0.933 bits per heavy atom. The second-order valence-corrected chi connectivity index (χ2v) is 3.58. The third-order valence-corrected chi connectivity index (χ3v) is 2.21. The topological polar surface area (TPSA) is 92.4 Å². The molecule has 0 spiro atoms. The highest BCUT2D eigenvalue weighted by molar-refractivity contribution is 5.75. The molecule has 0 aromatic heterocycles. The third kappa shape index (κ3) is 10.8. The number of hydrogen-bond donors (Lipinski definition) is 3. The van der Waals surface area contributed by atoms with E-state index in [1.54, 1.807) is 0 Å². The van der Waals surface area contributed by atoms with Gasteiger partial charge >= 0.3 is 5.97 Å². The minimum Gasteiger partial charge on any atom is -0.481 e. The number of aliphatic carboxylic acids is 1. The summed E-state index contributed by atoms with van der Waals surface area (Å²) < 4.78 is 0. The lowest BCUT2D eigenvalue weighted by Crippen LogP contribution is -2.29. The number of rotatable bonds is 9. The first-order chi connectivity index (χ1) is 7.16. The van der Waals surface area contributed by atoms with Crippen LogP contribution in [-0.4, -0.2) is 17.0 Å². The summed E-state index contributed by atoms with van der Waals surface area (Å²) in [6, 6.07) is 0. The van der Waals surface area contributed by atoms with Gasteiger partial charge in [-0.05, 0) is 12.8 Å². The van der Waals surface area contributed by atoms with Gasteiger partial charge in [-0.15, -0.1) is 0 Å². The number of carbonyl (C=O) groups is 2. The van der Waals surface area contributed by atoms with Gasteiger partial charge in [0, 0.05) is 12.8 Å². The van der Waals surface area contributed by atoms with Gasteiger partial charge in [-0.1, -0.05) is 25.7 Å². The Hall–Kier alpha value is -1.10. The zero-order chi connectivity index (χ0) is 11.5. The predicted octanol–water partition coefficient (Wildman–Crippen LogP) is 1.18. The molecular weight excluding hydrogens is 196 g/mol. The number of carboxylic acids is 1. The SMILES string of the molecule is NNC(=O)CCCCCCCCC(=O)O. The van der Waals surface area contributed by atoms with Gasteiger partial charge in [0.15, 0.2) is 0 Å². The Morgan fingerprint density at radius 3 is 1.87 bits per heavy atom. The molecule has 0 unspecified atom stereocenters. The summed E-state index contributed by atoms with van der Waals surface area (Å²) in [7, 11) is 0. The molecule has 5 heteroatoms. The van der Waals surface area contributed by atoms with Crippen molar-refractivity contribution in [3.8, 4) is 0 Å². The van der Waals surface area contributed by atoms with Crippen LogP contribution in [0.15, 0.2) is 0 Å². The van der Waals surface area contributed by atoms with Crippen LogP contribution in [0.2, 0.25) is 0 Å². The van der Waals surface area contributed by atoms with Crippen LogP contribution in [0.25, 0.3) is 0 Å². The largest absolute Gasteiger partial charge is 0.481 e. The quantitative estimate of drug-likeness (QED) is 0.233. The zero-order valence-electron chi connectivity index (χ0n) is 9.00. The van der Waals surface area contributed by atoms with Gasteiger partial charge in [0.05, 0.1) is 0 Å². The number of hydrazine groups is 1. The summed E-state index contributed by atoms with van der Waals surface area (Å²) >= 11 is 0. The number of amides is 1. The van der Waals surface area contributed by atoms with Crippen molar-refractivity contribution in [1.82, 2.24) is 5.43 Å². The number of nitrogens with one attached hydrogen (secondary N) is 1. The van der Waals surface area contributed by atoms with Crippen LogP contribution in [0.4, 0.5) is 0 Å². The summed E-state index contributed by atoms with van der Waals surface area (Å²) in [5, 5.41) is 8.39. The van der Waals surface area contributed by atoms with E-state index in [-0.39, 0.29) is 12.3 Å². The van der Waals surface area contributed by atoms with Crippen LogP contribution >= 0.6 is 0 Å². The van der Waals surface area contributed by atoms with Crippen LogP contribution in [0.5, 0.6) is 0 Å². The van der Waals surface area contributed by atoms with Crippen molar-refractivity contribution in [3.63, 3.8) is 0 Å². The second-order valence-electron chi connectivity index (χ2n) is 3.58. The Labute approximate surface area is 90.0 Å². The van der Waals surface area contributed by atoms with Crippen molar-refractivity contribution in [2.45, 2.75) is 51.4 Å². The van der Waals surface area contributed by atoms with E-state index < -0.39 is 5.97 Å². The molecule has 0 bridgehead atoms. The highest BCUT2D eigenvalue weighted by Crippen LogP contribution is 2.08. The summed E-state index contributed by atoms with van der Waals surface area (Å²) in [6.45, 7) is 0. The minimum atomic E-state index is -0.727. The molecule has 0 aromatic rings. The molecule has 0 saturated carbocycles. The van der Waals surface area contributed by atoms with Crippen molar-refractivity contribution < 1.29 is 14.7 Å². The number of nitrogens with two attached hydrogens (primary N) is 1. The van der Waals surface area contributed by atoms with Gasteiger partial charge in [0.25, 0.3) is 0 Å². The van der Waals surface area contributed by atoms with Crippen LogP contribution < -0.4 is 11.3 Å². The van der Waals surface area contributed by atoms with E-state index in [9.17, 15) is 9.59 Å². The molecule has 0 aliphatic heterocycles. The zero-order valence-corrected chi connectivity index (χ0v) is 9.00. The molecule has 88 valence electrons. The molecule has 0 aromatic carbocycles. The monoisotopic (exact) mass is 216 g/mol. The van der Waals surface area contributed by atoms with Crippen LogP contribution in [0, 0.1) is 0 Å². The summed E-state index contributed by atoms with van der Waals surface area (Å²) in [5.74, 6) is 4.07. The van der Waals surface area contributed by atoms with Crippen LogP contribution in [-0.2, 0) is 9.59 Å². The molecule has 15 heavy (non-hydrogen) atoms. The fourth-order valence-corrected chi connectivity index (χ4v) is 1.34. The lowest BCUT2D eigenvalue weighted by atomic mass is 10.1. The van der Waals surface area contributed by atoms with E-state index in [4.69, 9.17) is 10.9 Å². The fraction of sp³-hybridized carbons (Fsp3) is 0.800. The van der Waals surface area contributed by atoms with Crippen molar-refractivity contribution in [2.75, 3.05) is 0 Å². The highest BCUT2D eigenvalue weighted by Gasteiger charge is 1.98. The van der Waals surface area contributed by atoms with Crippen molar-refractivity contribution >= 4 is 11.9 Å². The molecule has 4 N–H and O–H groups in total. The summed E-state index contributed by atoms with van der Waals surface area (Å²) in [5.41, 5.74) is 2.08. The van der Waals surface area contributed by atoms with Crippen molar-refractivity contribution in [1.29, 1.82) is 0 Å². The molecule has 0 radical (unpaired) electrons. The average molecular weight is 216 g/mol. The molecule has 0 atom stereocenters. The molecule has 0 saturated heterocycles. The maximum Gasteiger partial charge on any atom is 0.303 e. The Bertz CT molecular complexity index is 195. The van der Waals surface area contributed by atoms with E-state index in [1.165, 1.54) is 0 Å². The van der Waals surface area contributed by atoms with Crippen molar-refractivity contribution in [2.24, 2.45) is 5.84 Å². The maximum atomic E-state index is 10.7. The lowest BCUT2D eigenvalue weighted by Gasteiger charge is -2.00. The van der Waals surface area contributed by atoms with Gasteiger partial charge in [-0.25, -0.2) is 5.84 Å². The Morgan fingerprint density at radius 2 is 1.40 bits per heavy atom. The van der Waals surface area contributed by atoms with E-state index in [0.717, 1.165) is 38.5 Å². The predicted molar refractivity (Wildman–Crippen MR) is 56.9 cm³/mol. The molecule has 5 nitrogen and oxygen atoms in total. The number of unbranched alkanes of at least 4 members (excludes halogenated alkanes) is 5. The van der Waals surface area contributed by atoms with E-state index in [2.05, 4.69) is 5.43 Å². The van der Waals surface area contributed by atoms with E-state index >= 15 is 0 Å². The molecule has 1 amide bonds. The first-order valence-electron chi connectivity index (χ1n) is 5.38. The van der Waals surface area contributed by atoms with Crippen LogP contribution in [0.3, 0.4) is 0 Å². The van der Waals surface area contributed by atoms with E-state index in [1.807, 2.05) is 0 Å². The average Bonchev–Trinajstić information content (AvgIpc) is 2.21. The molecule has 0 aliphatic carbocycles. The molecule has 0 fully saturated rings. The molecule has 0 aliphatic rings. The number of carbonyl (C=O) groups excluding carboxylic acids is 1. The first kappa shape index (κ1) is 13.9. The molecule has 0 rings (SSSR count). The molecular formula is C10H20N2O3. The van der Waals surface area contributed by atoms with Gasteiger partial charge in [-0.3, -0.25) is 15.0 Å². The normalized spacial score (nSPS) is 9.93. The highest BCUT2D eigenvalue weighted by atomic mass is 16.4. The Balaban J connectivity index is 3.05.